The van der Waals surface area contributed by atoms with Crippen LogP contribution >= 0.6 is 0 Å². The molecular weight excluding hydrogens is 428 g/mol. The summed E-state index contributed by atoms with van der Waals surface area (Å²) >= 11 is 0. The number of benzene rings is 3. The molecule has 4 rings (SSSR count). The Morgan fingerprint density at radius 3 is 2.18 bits per heavy atom. The van der Waals surface area contributed by atoms with E-state index in [0.29, 0.717) is 17.5 Å². The molecule has 6 nitrogen and oxygen atoms in total. The first kappa shape index (κ1) is 23.2. The van der Waals surface area contributed by atoms with Crippen molar-refractivity contribution in [3.05, 3.63) is 77.9 Å². The van der Waals surface area contributed by atoms with Gasteiger partial charge in [0.05, 0.1) is 5.41 Å². The van der Waals surface area contributed by atoms with Crippen molar-refractivity contribution >= 4 is 34.6 Å². The van der Waals surface area contributed by atoms with Crippen LogP contribution in [0.15, 0.2) is 71.1 Å². The fraction of sp³-hybridized carbons (Fsp3) is 0.250. The second kappa shape index (κ2) is 9.14. The Kier molecular flexibility index (Phi) is 6.24. The number of carbonyl (C=O) groups is 2. The number of Topliss-reactive ketones (excluding diaryl/α,β-unsaturated/α-hetero) is 1. The predicted octanol–water partition coefficient (Wildman–Crippen LogP) is 7.05. The third kappa shape index (κ3) is 5.01. The summed E-state index contributed by atoms with van der Waals surface area (Å²) in [5, 5.41) is 12.5. The van der Waals surface area contributed by atoms with E-state index in [9.17, 15) is 14.7 Å². The molecule has 0 saturated carbocycles. The molecule has 2 N–H and O–H groups in total. The molecular formula is C28H28N2O4. The topological polar surface area (TPSA) is 92.4 Å². The van der Waals surface area contributed by atoms with E-state index >= 15 is 0 Å². The molecule has 0 aliphatic carbocycles. The maximum absolute atomic E-state index is 12.5. The Morgan fingerprint density at radius 1 is 0.971 bits per heavy atom. The highest BCUT2D eigenvalue weighted by atomic mass is 16.4. The summed E-state index contributed by atoms with van der Waals surface area (Å²) in [5.41, 5.74) is 5.00. The van der Waals surface area contributed by atoms with E-state index in [0.717, 1.165) is 27.9 Å². The lowest BCUT2D eigenvalue weighted by Gasteiger charge is -2.17. The molecule has 174 valence electrons. The number of aromatic nitrogens is 1. The van der Waals surface area contributed by atoms with E-state index in [1.807, 2.05) is 42.5 Å². The molecule has 34 heavy (non-hydrogen) atoms. The summed E-state index contributed by atoms with van der Waals surface area (Å²) < 4.78 is 5.82. The van der Waals surface area contributed by atoms with E-state index in [1.54, 1.807) is 26.0 Å². The Balaban J connectivity index is 1.45. The summed E-state index contributed by atoms with van der Waals surface area (Å²) in [4.78, 5) is 28.3. The van der Waals surface area contributed by atoms with Crippen LogP contribution in [0.4, 0.5) is 11.7 Å². The lowest BCUT2D eigenvalue weighted by molar-refractivity contribution is -0.146. The van der Waals surface area contributed by atoms with Gasteiger partial charge in [-0.1, -0.05) is 56.3 Å². The van der Waals surface area contributed by atoms with Crippen molar-refractivity contribution in [2.24, 2.45) is 5.41 Å². The molecule has 0 radical (unpaired) electrons. The van der Waals surface area contributed by atoms with E-state index in [-0.39, 0.29) is 12.2 Å². The van der Waals surface area contributed by atoms with Crippen LogP contribution in [0.25, 0.3) is 22.2 Å². The van der Waals surface area contributed by atoms with E-state index in [1.165, 1.54) is 5.56 Å². The number of nitrogens with one attached hydrogen (secondary N) is 1. The zero-order valence-electron chi connectivity index (χ0n) is 19.8. The van der Waals surface area contributed by atoms with Gasteiger partial charge in [-0.05, 0) is 60.7 Å². The molecule has 0 fully saturated rings. The molecule has 0 unspecified atom stereocenters. The molecule has 1 heterocycles. The predicted molar refractivity (Wildman–Crippen MR) is 134 cm³/mol. The average molecular weight is 457 g/mol. The number of nitrogens with zero attached hydrogens (tertiary/aromatic N) is 1. The Bertz CT molecular complexity index is 1330. The zero-order valence-corrected chi connectivity index (χ0v) is 19.8. The number of ketones is 1. The van der Waals surface area contributed by atoms with E-state index in [2.05, 4.69) is 36.3 Å². The summed E-state index contributed by atoms with van der Waals surface area (Å²) in [6, 6.07) is 21.6. The number of carboxylic acids is 1. The van der Waals surface area contributed by atoms with E-state index < -0.39 is 11.4 Å². The Labute approximate surface area is 198 Å². The van der Waals surface area contributed by atoms with Crippen molar-refractivity contribution in [2.75, 3.05) is 5.32 Å². The maximum Gasteiger partial charge on any atom is 0.309 e. The minimum atomic E-state index is -1.09. The maximum atomic E-state index is 12.5. The first-order chi connectivity index (χ1) is 16.1. The molecule has 1 aromatic heterocycles. The van der Waals surface area contributed by atoms with Crippen LogP contribution < -0.4 is 5.32 Å². The number of hydrogen-bond acceptors (Lipinski definition) is 5. The Hall–Kier alpha value is -3.93. The molecule has 0 atom stereocenters. The highest BCUT2D eigenvalue weighted by Crippen LogP contribution is 2.28. The van der Waals surface area contributed by atoms with Crippen molar-refractivity contribution in [3.8, 4) is 11.1 Å². The zero-order chi connectivity index (χ0) is 24.5. The number of oxazole rings is 1. The van der Waals surface area contributed by atoms with Gasteiger partial charge >= 0.3 is 5.97 Å². The van der Waals surface area contributed by atoms with Gasteiger partial charge in [-0.2, -0.15) is 4.98 Å². The van der Waals surface area contributed by atoms with Gasteiger partial charge in [0, 0.05) is 17.7 Å². The molecule has 3 aromatic carbocycles. The smallest absolute Gasteiger partial charge is 0.309 e. The van der Waals surface area contributed by atoms with Gasteiger partial charge in [0.1, 0.15) is 5.52 Å². The standard InChI is InChI=1S/C28H28N2O4/c1-17(2)21-11-14-25-23(15-21)30-27(34-25)29-22-12-9-19(10-13-22)18-5-7-20(8-6-18)24(31)16-28(3,4)26(32)33/h5-15,17H,16H2,1-4H3,(H,29,30)(H,32,33). The fourth-order valence-electron chi connectivity index (χ4n) is 3.65. The van der Waals surface area contributed by atoms with Gasteiger partial charge in [0.25, 0.3) is 6.01 Å². The SMILES string of the molecule is CC(C)c1ccc2oc(Nc3ccc(-c4ccc(C(=O)CC(C)(C)C(=O)O)cc4)cc3)nc2c1. The van der Waals surface area contributed by atoms with Crippen LogP contribution in [0.3, 0.4) is 0 Å². The van der Waals surface area contributed by atoms with Gasteiger partial charge in [-0.25, -0.2) is 0 Å². The normalized spacial score (nSPS) is 11.7. The minimum Gasteiger partial charge on any atom is -0.481 e. The molecule has 6 heteroatoms. The van der Waals surface area contributed by atoms with Gasteiger partial charge in [-0.3, -0.25) is 9.59 Å². The van der Waals surface area contributed by atoms with Crippen LogP contribution in [0.5, 0.6) is 0 Å². The molecule has 0 bridgehead atoms. The van der Waals surface area contributed by atoms with Crippen molar-refractivity contribution < 1.29 is 19.1 Å². The fourth-order valence-corrected chi connectivity index (χ4v) is 3.65. The van der Waals surface area contributed by atoms with Gasteiger partial charge < -0.3 is 14.8 Å². The highest BCUT2D eigenvalue weighted by molar-refractivity contribution is 5.99. The quantitative estimate of drug-likeness (QED) is 0.276. The Morgan fingerprint density at radius 2 is 1.59 bits per heavy atom. The largest absolute Gasteiger partial charge is 0.481 e. The number of hydrogen-bond donors (Lipinski definition) is 2. The van der Waals surface area contributed by atoms with Crippen molar-refractivity contribution in [2.45, 2.75) is 40.0 Å². The molecule has 0 amide bonds. The second-order valence-electron chi connectivity index (χ2n) is 9.47. The first-order valence-electron chi connectivity index (χ1n) is 11.3. The second-order valence-corrected chi connectivity index (χ2v) is 9.47. The summed E-state index contributed by atoms with van der Waals surface area (Å²) in [6.45, 7) is 7.41. The summed E-state index contributed by atoms with van der Waals surface area (Å²) in [5.74, 6) is -0.740. The van der Waals surface area contributed by atoms with E-state index in [4.69, 9.17) is 4.42 Å². The van der Waals surface area contributed by atoms with Crippen LogP contribution in [-0.2, 0) is 4.79 Å². The number of rotatable bonds is 8. The number of aliphatic carboxylic acids is 1. The molecule has 0 spiro atoms. The lowest BCUT2D eigenvalue weighted by atomic mass is 9.85. The van der Waals surface area contributed by atoms with Crippen molar-refractivity contribution in [3.63, 3.8) is 0 Å². The van der Waals surface area contributed by atoms with Crippen molar-refractivity contribution in [1.82, 2.24) is 4.98 Å². The average Bonchev–Trinajstić information content (AvgIpc) is 3.20. The van der Waals surface area contributed by atoms with Gasteiger partial charge in [0.2, 0.25) is 0 Å². The molecule has 0 aliphatic heterocycles. The van der Waals surface area contributed by atoms with Gasteiger partial charge in [-0.15, -0.1) is 0 Å². The third-order valence-corrected chi connectivity index (χ3v) is 5.94. The lowest BCUT2D eigenvalue weighted by Crippen LogP contribution is -2.26. The monoisotopic (exact) mass is 456 g/mol. The third-order valence-electron chi connectivity index (χ3n) is 5.94. The van der Waals surface area contributed by atoms with Crippen LogP contribution in [-0.4, -0.2) is 21.8 Å². The van der Waals surface area contributed by atoms with Crippen molar-refractivity contribution in [1.29, 1.82) is 0 Å². The van der Waals surface area contributed by atoms with Crippen LogP contribution in [0.1, 0.15) is 56.0 Å². The number of carboxylic acid groups (broad SMARTS) is 1. The summed E-state index contributed by atoms with van der Waals surface area (Å²) in [7, 11) is 0. The number of fused-ring (bicyclic) bond motifs is 1. The number of carbonyl (C=O) groups excluding carboxylic acids is 1. The molecule has 4 aromatic rings. The molecule has 0 aliphatic rings. The summed E-state index contributed by atoms with van der Waals surface area (Å²) in [6.07, 6.45) is -0.0450. The van der Waals surface area contributed by atoms with Gasteiger partial charge in [0.15, 0.2) is 11.4 Å². The van der Waals surface area contributed by atoms with Crippen LogP contribution in [0, 0.1) is 5.41 Å². The minimum absolute atomic E-state index is 0.0450. The van der Waals surface area contributed by atoms with Crippen LogP contribution in [0.2, 0.25) is 0 Å². The first-order valence-corrected chi connectivity index (χ1v) is 11.3. The molecule has 0 saturated heterocycles. The highest BCUT2D eigenvalue weighted by Gasteiger charge is 2.30. The number of anilines is 2.